The van der Waals surface area contributed by atoms with Crippen molar-refractivity contribution in [2.45, 2.75) is 6.17 Å². The van der Waals surface area contributed by atoms with E-state index in [0.717, 1.165) is 26.2 Å². The summed E-state index contributed by atoms with van der Waals surface area (Å²) in [7, 11) is 0. The highest BCUT2D eigenvalue weighted by atomic mass is 15.4. The first-order valence-electron chi connectivity index (χ1n) is 6.19. The van der Waals surface area contributed by atoms with Crippen LogP contribution >= 0.6 is 0 Å². The van der Waals surface area contributed by atoms with E-state index in [1.165, 1.54) is 18.7 Å². The Kier molecular flexibility index (Phi) is 2.91. The highest BCUT2D eigenvalue weighted by molar-refractivity contribution is 5.20. The lowest BCUT2D eigenvalue weighted by Crippen LogP contribution is -2.42. The molecule has 3 heteroatoms. The maximum atomic E-state index is 3.48. The van der Waals surface area contributed by atoms with Gasteiger partial charge in [0.1, 0.15) is 0 Å². The zero-order chi connectivity index (χ0) is 10.8. The van der Waals surface area contributed by atoms with E-state index in [2.05, 4.69) is 45.4 Å². The molecule has 2 aliphatic heterocycles. The maximum Gasteiger partial charge on any atom is 0.0887 e. The quantitative estimate of drug-likeness (QED) is 0.754. The van der Waals surface area contributed by atoms with Crippen LogP contribution in [0.5, 0.6) is 0 Å². The van der Waals surface area contributed by atoms with Crippen LogP contribution in [0.4, 0.5) is 0 Å². The number of fused-ring (bicyclic) bond motifs is 2. The topological polar surface area (TPSA) is 18.5 Å². The van der Waals surface area contributed by atoms with Crippen LogP contribution in [-0.4, -0.2) is 49.1 Å². The molecule has 0 amide bonds. The lowest BCUT2D eigenvalue weighted by Gasteiger charge is -2.33. The van der Waals surface area contributed by atoms with Gasteiger partial charge in [-0.25, -0.2) is 0 Å². The van der Waals surface area contributed by atoms with Crippen molar-refractivity contribution in [3.63, 3.8) is 0 Å². The second-order valence-corrected chi connectivity index (χ2v) is 4.61. The monoisotopic (exact) mass is 217 g/mol. The molecule has 1 N–H and O–H groups in total. The van der Waals surface area contributed by atoms with Gasteiger partial charge in [0.25, 0.3) is 0 Å². The van der Waals surface area contributed by atoms with Gasteiger partial charge in [0, 0.05) is 39.3 Å². The Morgan fingerprint density at radius 3 is 2.12 bits per heavy atom. The molecule has 0 radical (unpaired) electrons. The van der Waals surface area contributed by atoms with Crippen LogP contribution in [0, 0.1) is 0 Å². The molecule has 1 aromatic carbocycles. The average molecular weight is 217 g/mol. The molecule has 0 aliphatic carbocycles. The Balaban J connectivity index is 1.87. The SMILES string of the molecule is c1ccc(C2N3CCNCCN2CC3)cc1. The molecule has 2 fully saturated rings. The fraction of sp³-hybridized carbons (Fsp3) is 0.538. The van der Waals surface area contributed by atoms with E-state index in [1.54, 1.807) is 0 Å². The van der Waals surface area contributed by atoms with Crippen LogP contribution < -0.4 is 5.32 Å². The zero-order valence-electron chi connectivity index (χ0n) is 9.60. The van der Waals surface area contributed by atoms with Crippen molar-refractivity contribution in [3.8, 4) is 0 Å². The first-order valence-corrected chi connectivity index (χ1v) is 6.19. The molecule has 3 rings (SSSR count). The minimum atomic E-state index is 0.517. The molecule has 1 aromatic rings. The molecule has 2 saturated heterocycles. The fourth-order valence-electron chi connectivity index (χ4n) is 2.82. The van der Waals surface area contributed by atoms with Crippen molar-refractivity contribution >= 4 is 0 Å². The van der Waals surface area contributed by atoms with Crippen molar-refractivity contribution in [2.24, 2.45) is 0 Å². The standard InChI is InChI=1S/C13H19N3/c1-2-4-12(5-3-1)13-15-8-6-14-7-9-16(13)11-10-15/h1-5,13-14H,6-11H2. The van der Waals surface area contributed by atoms with Crippen LogP contribution in [0.15, 0.2) is 30.3 Å². The van der Waals surface area contributed by atoms with Gasteiger partial charge in [-0.05, 0) is 5.56 Å². The Morgan fingerprint density at radius 2 is 1.50 bits per heavy atom. The van der Waals surface area contributed by atoms with E-state index in [1.807, 2.05) is 0 Å². The van der Waals surface area contributed by atoms with Crippen LogP contribution in [0.3, 0.4) is 0 Å². The van der Waals surface area contributed by atoms with E-state index in [-0.39, 0.29) is 0 Å². The first kappa shape index (κ1) is 10.3. The van der Waals surface area contributed by atoms with Gasteiger partial charge < -0.3 is 5.32 Å². The summed E-state index contributed by atoms with van der Waals surface area (Å²) in [4.78, 5) is 5.17. The Bertz CT molecular complexity index is 324. The highest BCUT2D eigenvalue weighted by Crippen LogP contribution is 2.29. The lowest BCUT2D eigenvalue weighted by atomic mass is 10.1. The second-order valence-electron chi connectivity index (χ2n) is 4.61. The summed E-state index contributed by atoms with van der Waals surface area (Å²) in [5.41, 5.74) is 1.45. The van der Waals surface area contributed by atoms with Crippen LogP contribution in [-0.2, 0) is 0 Å². The average Bonchev–Trinajstić information content (AvgIpc) is 2.74. The number of nitrogens with zero attached hydrogens (tertiary/aromatic N) is 2. The van der Waals surface area contributed by atoms with Gasteiger partial charge >= 0.3 is 0 Å². The molecule has 3 nitrogen and oxygen atoms in total. The van der Waals surface area contributed by atoms with Gasteiger partial charge in [-0.3, -0.25) is 9.80 Å². The predicted molar refractivity (Wildman–Crippen MR) is 65.2 cm³/mol. The van der Waals surface area contributed by atoms with E-state index in [0.29, 0.717) is 6.17 Å². The number of benzene rings is 1. The van der Waals surface area contributed by atoms with Crippen molar-refractivity contribution in [3.05, 3.63) is 35.9 Å². The van der Waals surface area contributed by atoms with Crippen LogP contribution in [0.25, 0.3) is 0 Å². The van der Waals surface area contributed by atoms with Gasteiger partial charge in [0.05, 0.1) is 6.17 Å². The molecule has 86 valence electrons. The molecule has 2 atom stereocenters. The summed E-state index contributed by atoms with van der Waals surface area (Å²) in [6, 6.07) is 10.9. The molecular formula is C13H19N3. The minimum absolute atomic E-state index is 0.517. The number of hydrogen-bond donors (Lipinski definition) is 1. The largest absolute Gasteiger partial charge is 0.314 e. The predicted octanol–water partition coefficient (Wildman–Crippen LogP) is 0.906. The third-order valence-electron chi connectivity index (χ3n) is 3.62. The minimum Gasteiger partial charge on any atom is -0.314 e. The molecule has 2 aliphatic rings. The summed E-state index contributed by atoms with van der Waals surface area (Å²) in [5, 5.41) is 3.48. The van der Waals surface area contributed by atoms with E-state index >= 15 is 0 Å². The molecular weight excluding hydrogens is 198 g/mol. The smallest absolute Gasteiger partial charge is 0.0887 e. The molecule has 2 bridgehead atoms. The van der Waals surface area contributed by atoms with E-state index in [4.69, 9.17) is 0 Å². The Hall–Kier alpha value is -0.900. The van der Waals surface area contributed by atoms with Crippen LogP contribution in [0.1, 0.15) is 11.7 Å². The van der Waals surface area contributed by atoms with Crippen molar-refractivity contribution in [2.75, 3.05) is 39.3 Å². The third-order valence-corrected chi connectivity index (χ3v) is 3.62. The Labute approximate surface area is 97.0 Å². The number of hydrogen-bond acceptors (Lipinski definition) is 3. The summed E-state index contributed by atoms with van der Waals surface area (Å²) >= 11 is 0. The molecule has 0 saturated carbocycles. The van der Waals surface area contributed by atoms with Gasteiger partial charge in [0.15, 0.2) is 0 Å². The Morgan fingerprint density at radius 1 is 0.875 bits per heavy atom. The van der Waals surface area contributed by atoms with Gasteiger partial charge in [0.2, 0.25) is 0 Å². The van der Waals surface area contributed by atoms with Crippen molar-refractivity contribution in [1.82, 2.24) is 15.1 Å². The summed E-state index contributed by atoms with van der Waals surface area (Å²) in [6.07, 6.45) is 0.517. The molecule has 0 spiro atoms. The normalized spacial score (nSPS) is 34.4. The van der Waals surface area contributed by atoms with Gasteiger partial charge in [-0.2, -0.15) is 0 Å². The first-order chi connectivity index (χ1) is 7.95. The second kappa shape index (κ2) is 4.53. The lowest BCUT2D eigenvalue weighted by molar-refractivity contribution is 0.126. The molecule has 2 heterocycles. The van der Waals surface area contributed by atoms with Crippen molar-refractivity contribution in [1.29, 1.82) is 0 Å². The summed E-state index contributed by atoms with van der Waals surface area (Å²) in [6.45, 7) is 6.99. The molecule has 2 unspecified atom stereocenters. The van der Waals surface area contributed by atoms with Crippen LogP contribution in [0.2, 0.25) is 0 Å². The highest BCUT2D eigenvalue weighted by Gasteiger charge is 2.32. The van der Waals surface area contributed by atoms with E-state index in [9.17, 15) is 0 Å². The zero-order valence-corrected chi connectivity index (χ0v) is 9.60. The third kappa shape index (κ3) is 1.86. The number of nitrogens with one attached hydrogen (secondary N) is 1. The van der Waals surface area contributed by atoms with Gasteiger partial charge in [-0.1, -0.05) is 30.3 Å². The summed E-state index contributed by atoms with van der Waals surface area (Å²) < 4.78 is 0. The molecule has 16 heavy (non-hydrogen) atoms. The fourth-order valence-corrected chi connectivity index (χ4v) is 2.82. The van der Waals surface area contributed by atoms with E-state index < -0.39 is 0 Å². The maximum absolute atomic E-state index is 3.48. The van der Waals surface area contributed by atoms with Crippen molar-refractivity contribution < 1.29 is 0 Å². The number of rotatable bonds is 1. The van der Waals surface area contributed by atoms with Gasteiger partial charge in [-0.15, -0.1) is 0 Å². The summed E-state index contributed by atoms with van der Waals surface area (Å²) in [5.74, 6) is 0. The molecule has 0 aromatic heterocycles.